The van der Waals surface area contributed by atoms with Crippen LogP contribution in [0.4, 0.5) is 18.0 Å². The summed E-state index contributed by atoms with van der Waals surface area (Å²) in [6.07, 6.45) is -5.78. The van der Waals surface area contributed by atoms with E-state index in [4.69, 9.17) is 4.74 Å². The van der Waals surface area contributed by atoms with E-state index in [9.17, 15) is 31.2 Å². The lowest BCUT2D eigenvalue weighted by Gasteiger charge is -2.40. The Morgan fingerprint density at radius 1 is 1.16 bits per heavy atom. The summed E-state index contributed by atoms with van der Waals surface area (Å²) in [6.45, 7) is 4.56. The summed E-state index contributed by atoms with van der Waals surface area (Å²) in [5.41, 5.74) is -1.89. The van der Waals surface area contributed by atoms with E-state index in [-0.39, 0.29) is 26.1 Å². The van der Waals surface area contributed by atoms with Crippen molar-refractivity contribution in [2.24, 2.45) is 0 Å². The third-order valence-corrected chi connectivity index (χ3v) is 6.43. The average molecular weight is 466 g/mol. The first-order valence-corrected chi connectivity index (χ1v) is 10.8. The van der Waals surface area contributed by atoms with Crippen molar-refractivity contribution in [3.8, 4) is 0 Å². The molecule has 12 heteroatoms. The fourth-order valence-electron chi connectivity index (χ4n) is 3.06. The van der Waals surface area contributed by atoms with Crippen molar-refractivity contribution < 1.29 is 40.7 Å². The number of halogens is 3. The quantitative estimate of drug-likeness (QED) is 0.634. The van der Waals surface area contributed by atoms with E-state index < -0.39 is 50.4 Å². The van der Waals surface area contributed by atoms with Gasteiger partial charge in [-0.1, -0.05) is 6.07 Å². The Kier molecular flexibility index (Phi) is 7.26. The number of rotatable bonds is 4. The Morgan fingerprint density at radius 2 is 1.81 bits per heavy atom. The van der Waals surface area contributed by atoms with E-state index in [0.29, 0.717) is 6.07 Å². The zero-order chi connectivity index (χ0) is 23.6. The molecule has 0 N–H and O–H groups in total. The van der Waals surface area contributed by atoms with Gasteiger partial charge in [-0.2, -0.15) is 17.5 Å². The lowest BCUT2D eigenvalue weighted by molar-refractivity contribution is -0.142. The molecule has 0 spiro atoms. The van der Waals surface area contributed by atoms with Gasteiger partial charge in [-0.15, -0.1) is 0 Å². The summed E-state index contributed by atoms with van der Waals surface area (Å²) >= 11 is 0. The Bertz CT molecular complexity index is 927. The highest BCUT2D eigenvalue weighted by Gasteiger charge is 2.40. The number of methoxy groups -OCH3 is 1. The van der Waals surface area contributed by atoms with Crippen molar-refractivity contribution in [1.29, 1.82) is 0 Å². The highest BCUT2D eigenvalue weighted by Crippen LogP contribution is 2.32. The average Bonchev–Trinajstić information content (AvgIpc) is 2.65. The van der Waals surface area contributed by atoms with E-state index in [1.807, 2.05) is 0 Å². The molecule has 1 atom stereocenters. The van der Waals surface area contributed by atoms with Crippen LogP contribution in [0.1, 0.15) is 32.8 Å². The lowest BCUT2D eigenvalue weighted by atomic mass is 10.1. The monoisotopic (exact) mass is 466 g/mol. The number of piperazine rings is 1. The maximum absolute atomic E-state index is 13.1. The summed E-state index contributed by atoms with van der Waals surface area (Å²) in [6, 6.07) is 2.34. The van der Waals surface area contributed by atoms with Crippen molar-refractivity contribution >= 4 is 22.1 Å². The first-order valence-electron chi connectivity index (χ1n) is 9.39. The Labute approximate surface area is 178 Å². The highest BCUT2D eigenvalue weighted by atomic mass is 32.2. The molecule has 1 amide bonds. The Balaban J connectivity index is 2.35. The summed E-state index contributed by atoms with van der Waals surface area (Å²) in [4.78, 5) is 25.0. The zero-order valence-corrected chi connectivity index (χ0v) is 18.4. The SMILES string of the molecule is COC(=O)C[C@@H]1CN(C(=O)OC(C)(C)C)CCN1S(=O)(=O)c1cccc(C(F)(F)F)c1. The van der Waals surface area contributed by atoms with Crippen LogP contribution in [-0.4, -0.2) is 68.1 Å². The number of hydrogen-bond donors (Lipinski definition) is 0. The van der Waals surface area contributed by atoms with E-state index in [1.54, 1.807) is 20.8 Å². The fraction of sp³-hybridized carbons (Fsp3) is 0.579. The largest absolute Gasteiger partial charge is 0.469 e. The summed E-state index contributed by atoms with van der Waals surface area (Å²) in [5, 5.41) is 0. The van der Waals surface area contributed by atoms with Gasteiger partial charge in [-0.05, 0) is 39.0 Å². The molecule has 31 heavy (non-hydrogen) atoms. The maximum atomic E-state index is 13.1. The molecule has 1 heterocycles. The second kappa shape index (κ2) is 9.03. The topological polar surface area (TPSA) is 93.2 Å². The van der Waals surface area contributed by atoms with Gasteiger partial charge < -0.3 is 14.4 Å². The molecule has 0 radical (unpaired) electrons. The fourth-order valence-corrected chi connectivity index (χ4v) is 4.71. The minimum Gasteiger partial charge on any atom is -0.469 e. The van der Waals surface area contributed by atoms with Gasteiger partial charge in [0.25, 0.3) is 0 Å². The molecule has 1 aromatic carbocycles. The molecule has 8 nitrogen and oxygen atoms in total. The molecule has 0 unspecified atom stereocenters. The summed E-state index contributed by atoms with van der Waals surface area (Å²) in [5.74, 6) is -0.722. The Morgan fingerprint density at radius 3 is 2.35 bits per heavy atom. The predicted molar refractivity (Wildman–Crippen MR) is 104 cm³/mol. The molecule has 1 aliphatic heterocycles. The van der Waals surface area contributed by atoms with Crippen LogP contribution >= 0.6 is 0 Å². The second-order valence-corrected chi connectivity index (χ2v) is 9.89. The molecule has 0 aliphatic carbocycles. The number of amides is 1. The van der Waals surface area contributed by atoms with Crippen molar-refractivity contribution in [1.82, 2.24) is 9.21 Å². The second-order valence-electron chi connectivity index (χ2n) is 8.00. The van der Waals surface area contributed by atoms with E-state index in [0.717, 1.165) is 29.6 Å². The molecule has 1 fully saturated rings. The molecule has 0 aromatic heterocycles. The van der Waals surface area contributed by atoms with Crippen LogP contribution in [0.15, 0.2) is 29.2 Å². The zero-order valence-electron chi connectivity index (χ0n) is 17.6. The van der Waals surface area contributed by atoms with Gasteiger partial charge in [-0.3, -0.25) is 4.79 Å². The van der Waals surface area contributed by atoms with E-state index in [1.165, 1.54) is 4.90 Å². The number of carbonyl (C=O) groups is 2. The number of benzene rings is 1. The molecule has 1 aliphatic rings. The molecule has 1 saturated heterocycles. The standard InChI is InChI=1S/C19H25F3N2O6S/c1-18(2,3)30-17(26)23-8-9-24(14(12-23)11-16(25)29-4)31(27,28)15-7-5-6-13(10-15)19(20,21)22/h5-7,10,14H,8-9,11-12H2,1-4H3/t14-/m1/s1. The number of esters is 1. The lowest BCUT2D eigenvalue weighted by Crippen LogP contribution is -2.57. The molecule has 174 valence electrons. The molecular formula is C19H25F3N2O6S. The van der Waals surface area contributed by atoms with Crippen LogP contribution in [0.3, 0.4) is 0 Å². The van der Waals surface area contributed by atoms with Crippen molar-refractivity contribution in [2.75, 3.05) is 26.7 Å². The molecule has 2 rings (SSSR count). The van der Waals surface area contributed by atoms with Gasteiger partial charge in [0.15, 0.2) is 0 Å². The van der Waals surface area contributed by atoms with Gasteiger partial charge in [-0.25, -0.2) is 13.2 Å². The van der Waals surface area contributed by atoms with Crippen LogP contribution in [0.25, 0.3) is 0 Å². The van der Waals surface area contributed by atoms with Gasteiger partial charge in [0.05, 0.1) is 30.0 Å². The van der Waals surface area contributed by atoms with Gasteiger partial charge in [0, 0.05) is 19.6 Å². The minimum absolute atomic E-state index is 0.0508. The molecular weight excluding hydrogens is 441 g/mol. The normalized spacial score (nSPS) is 18.5. The summed E-state index contributed by atoms with van der Waals surface area (Å²) < 4.78 is 76.2. The van der Waals surface area contributed by atoms with Crippen molar-refractivity contribution in [3.05, 3.63) is 29.8 Å². The maximum Gasteiger partial charge on any atom is 0.416 e. The number of sulfonamides is 1. The number of ether oxygens (including phenoxy) is 2. The molecule has 0 saturated carbocycles. The number of nitrogens with zero attached hydrogens (tertiary/aromatic N) is 2. The van der Waals surface area contributed by atoms with Crippen LogP contribution in [0.5, 0.6) is 0 Å². The van der Waals surface area contributed by atoms with Gasteiger partial charge in [0.2, 0.25) is 10.0 Å². The smallest absolute Gasteiger partial charge is 0.416 e. The van der Waals surface area contributed by atoms with Crippen LogP contribution < -0.4 is 0 Å². The number of hydrogen-bond acceptors (Lipinski definition) is 6. The molecule has 0 bridgehead atoms. The third kappa shape index (κ3) is 6.33. The van der Waals surface area contributed by atoms with Gasteiger partial charge >= 0.3 is 18.2 Å². The first kappa shape index (κ1) is 24.9. The van der Waals surface area contributed by atoms with E-state index in [2.05, 4.69) is 4.74 Å². The van der Waals surface area contributed by atoms with Gasteiger partial charge in [0.1, 0.15) is 5.60 Å². The highest BCUT2D eigenvalue weighted by molar-refractivity contribution is 7.89. The van der Waals surface area contributed by atoms with Crippen LogP contribution in [0, 0.1) is 0 Å². The van der Waals surface area contributed by atoms with Crippen LogP contribution in [-0.2, 0) is 30.5 Å². The third-order valence-electron chi connectivity index (χ3n) is 4.48. The summed E-state index contributed by atoms with van der Waals surface area (Å²) in [7, 11) is -3.26. The molecule has 1 aromatic rings. The first-order chi connectivity index (χ1) is 14.1. The predicted octanol–water partition coefficient (Wildman–Crippen LogP) is 2.88. The number of alkyl halides is 3. The Hall–Kier alpha value is -2.34. The van der Waals surface area contributed by atoms with Crippen molar-refractivity contribution in [3.63, 3.8) is 0 Å². The van der Waals surface area contributed by atoms with E-state index >= 15 is 0 Å². The van der Waals surface area contributed by atoms with Crippen molar-refractivity contribution in [2.45, 2.75) is 49.9 Å². The number of carbonyl (C=O) groups excluding carboxylic acids is 2. The van der Waals surface area contributed by atoms with Crippen LogP contribution in [0.2, 0.25) is 0 Å². The minimum atomic E-state index is -4.72.